The van der Waals surface area contributed by atoms with Gasteiger partial charge in [0.05, 0.1) is 97.0 Å². The fourth-order valence-corrected chi connectivity index (χ4v) is 17.7. The third-order valence-corrected chi connectivity index (χ3v) is 25.7. The Morgan fingerprint density at radius 2 is 1.23 bits per heavy atom. The molecule has 8 aromatic heterocycles. The molecule has 0 aliphatic carbocycles. The number of rotatable bonds is 44. The predicted octanol–water partition coefficient (Wildman–Crippen LogP) is 7.00. The van der Waals surface area contributed by atoms with E-state index < -0.39 is 118 Å². The Kier molecular flexibility index (Phi) is 35.6. The van der Waals surface area contributed by atoms with Gasteiger partial charge in [-0.2, -0.15) is 9.97 Å². The van der Waals surface area contributed by atoms with Gasteiger partial charge in [0.25, 0.3) is 22.9 Å². The summed E-state index contributed by atoms with van der Waals surface area (Å²) < 4.78 is 21.1. The first kappa shape index (κ1) is 106. The third kappa shape index (κ3) is 28.3. The van der Waals surface area contributed by atoms with Crippen LogP contribution in [0.15, 0.2) is 136 Å². The number of thiophene rings is 1. The molecule has 7 amide bonds. The summed E-state index contributed by atoms with van der Waals surface area (Å²) in [6, 6.07) is 21.6. The molecule has 144 heavy (non-hydrogen) atoms. The number of halogens is 1. The molecular weight excluding hydrogens is 1920 g/mol. The summed E-state index contributed by atoms with van der Waals surface area (Å²) in [6.07, 6.45) is 3.87. The monoisotopic (exact) mass is 2030 g/mol. The number of unbranched alkanes of at least 4 members (excludes halogenated alkanes) is 1. The normalized spacial score (nSPS) is 14.6. The molecule has 7 atom stereocenters. The van der Waals surface area contributed by atoms with Crippen molar-refractivity contribution in [3.05, 3.63) is 220 Å². The number of H-pyrrole nitrogens is 2. The van der Waals surface area contributed by atoms with Crippen molar-refractivity contribution in [2.75, 3.05) is 61.6 Å². The molecule has 0 radical (unpaired) electrons. The van der Waals surface area contributed by atoms with Crippen LogP contribution in [0.1, 0.15) is 186 Å². The second kappa shape index (κ2) is 48.6. The van der Waals surface area contributed by atoms with Crippen LogP contribution >= 0.6 is 34.3 Å². The Hall–Kier alpha value is -15.8. The van der Waals surface area contributed by atoms with E-state index in [2.05, 4.69) is 122 Å². The van der Waals surface area contributed by atoms with Gasteiger partial charge in [0.2, 0.25) is 41.4 Å². The number of aliphatic carboxylic acids is 3. The lowest BCUT2D eigenvalue weighted by Crippen LogP contribution is -2.58. The van der Waals surface area contributed by atoms with Gasteiger partial charge < -0.3 is 88.4 Å². The highest BCUT2D eigenvalue weighted by Gasteiger charge is 2.47. The summed E-state index contributed by atoms with van der Waals surface area (Å²) >= 11 is 9.44. The topological polar surface area (TPSA) is 657 Å². The van der Waals surface area contributed by atoms with Gasteiger partial charge in [-0.3, -0.25) is 76.9 Å². The molecule has 46 nitrogen and oxygen atoms in total. The Bertz CT molecular complexity index is 6870. The van der Waals surface area contributed by atoms with Crippen molar-refractivity contribution >= 4 is 151 Å². The molecular formula is C95H108ClN27O19S2. The Morgan fingerprint density at radius 3 is 1.81 bits per heavy atom. The molecule has 0 saturated carbocycles. The Labute approximate surface area is 835 Å². The number of thiazole rings is 1. The van der Waals surface area contributed by atoms with Crippen LogP contribution in [0.25, 0.3) is 37.8 Å². The van der Waals surface area contributed by atoms with Gasteiger partial charge in [-0.05, 0) is 149 Å². The van der Waals surface area contributed by atoms with Crippen molar-refractivity contribution in [1.82, 2.24) is 111 Å². The zero-order valence-corrected chi connectivity index (χ0v) is 82.1. The second-order valence-electron chi connectivity index (χ2n) is 35.1. The molecule has 17 N–H and O–H groups in total. The van der Waals surface area contributed by atoms with Crippen molar-refractivity contribution in [3.8, 4) is 15.4 Å². The number of anilines is 4. The van der Waals surface area contributed by atoms with Crippen molar-refractivity contribution < 1.29 is 82.3 Å². The highest BCUT2D eigenvalue weighted by molar-refractivity contribution is 7.15. The van der Waals surface area contributed by atoms with Gasteiger partial charge in [0, 0.05) is 95.5 Å². The van der Waals surface area contributed by atoms with Crippen LogP contribution in [0.2, 0.25) is 5.02 Å². The number of amides is 7. The third-order valence-electron chi connectivity index (χ3n) is 23.3. The quantitative estimate of drug-likeness (QED) is 0.0135. The molecule has 4 aromatic carbocycles. The number of hydrogen-bond donors (Lipinski definition) is 15. The van der Waals surface area contributed by atoms with Crippen LogP contribution in [0.4, 0.5) is 23.3 Å². The fourth-order valence-electron chi connectivity index (χ4n) is 15.6. The minimum absolute atomic E-state index is 0.000793. The maximum atomic E-state index is 14.9. The summed E-state index contributed by atoms with van der Waals surface area (Å²) in [4.78, 5) is 209. The minimum Gasteiger partial charge on any atom is -0.481 e. The second-order valence-corrected chi connectivity index (χ2v) is 37.5. The van der Waals surface area contributed by atoms with Gasteiger partial charge in [-0.15, -0.1) is 38.0 Å². The molecule has 12 aromatic rings. The summed E-state index contributed by atoms with van der Waals surface area (Å²) in [5.74, 6) is -6.84. The number of aliphatic imine (C=N–C) groups is 1. The van der Waals surface area contributed by atoms with E-state index in [-0.39, 0.29) is 155 Å². The van der Waals surface area contributed by atoms with Crippen LogP contribution in [-0.4, -0.2) is 236 Å². The number of hydrogen-bond acceptors (Lipinski definition) is 34. The summed E-state index contributed by atoms with van der Waals surface area (Å²) in [5, 5.41) is 68.9. The maximum absolute atomic E-state index is 14.9. The number of aromatic amines is 2. The number of nitrogen functional groups attached to an aromatic ring is 2. The predicted molar refractivity (Wildman–Crippen MR) is 529 cm³/mol. The molecule has 1 fully saturated rings. The molecule has 14 rings (SSSR count). The smallest absolute Gasteiger partial charge is 0.326 e. The molecule has 0 bridgehead atoms. The lowest BCUT2D eigenvalue weighted by Gasteiger charge is -2.35. The number of esters is 1. The van der Waals surface area contributed by atoms with E-state index in [9.17, 15) is 67.4 Å². The van der Waals surface area contributed by atoms with Gasteiger partial charge in [0.15, 0.2) is 28.2 Å². The van der Waals surface area contributed by atoms with Gasteiger partial charge >= 0.3 is 23.9 Å². The van der Waals surface area contributed by atoms with Crippen LogP contribution < -0.4 is 65.1 Å². The van der Waals surface area contributed by atoms with E-state index >= 15 is 0 Å². The van der Waals surface area contributed by atoms with Crippen molar-refractivity contribution in [2.24, 2.45) is 10.4 Å². The minimum atomic E-state index is -1.38. The molecule has 2 aliphatic heterocycles. The number of carbonyl (C=O) groups is 11. The number of carboxylic acid groups (broad SMARTS) is 3. The van der Waals surface area contributed by atoms with E-state index in [1.54, 1.807) is 72.8 Å². The summed E-state index contributed by atoms with van der Waals surface area (Å²) in [5.41, 5.74) is 20.6. The van der Waals surface area contributed by atoms with E-state index in [4.69, 9.17) is 52.5 Å². The molecule has 0 spiro atoms. The van der Waals surface area contributed by atoms with Gasteiger partial charge in [0.1, 0.15) is 59.4 Å². The highest BCUT2D eigenvalue weighted by atomic mass is 35.5. The first-order valence-corrected chi connectivity index (χ1v) is 48.0. The van der Waals surface area contributed by atoms with Gasteiger partial charge in [-0.25, -0.2) is 34.5 Å². The zero-order chi connectivity index (χ0) is 103. The molecule has 1 saturated heterocycles. The standard InChI is InChI=1S/C76H89ClN20O13S2.C19H19N7O6/c1-41-44(4)112-73-62(41)63(47-17-21-50(77)22-18-47)86-56(68-93-91-45(5)97(68)73)33-59(99)79-27-31-108-29-11-30-109-39-60(100)88-66(76(6,7)8)72(105)96-38-54(32-57(96)70(103)84-42(2)46-13-15-48(16-14-46)65-43(3)83-40-111-65)110-61(101)12-9-10-28-95-37-53(92-94-95)36-81-58(98)26-25-55(74(106)107)87-69(102)49-19-23-51(24-20-49)80-34-52-35-82-67-64(85-52)71(104)90-75(78)89-67;20-19-25-15-14(17(30)26-19)23-11(8-22-15)7-21-10-3-1-9(2-4-10)16(29)24-12(18(31)32)5-6-13(27)28/h13-24,35,37,40,42,54-57,66,80H,9-12,25-34,36,38-39H2,1-8H3,(H,79,99)(H,81,98)(H,84,103)(H,87,102)(H,88,100)(H,106,107)(H3,78,82,89,90,104);1-4,8,12,21H,5-7H2,(H,24,29)(H,27,28)(H,31,32)(H3,20,22,25,26,30)/t42-,54+,55-,56-,57-,66+;12-/m00/s1. The molecule has 0 unspecified atom stereocenters. The molecule has 2 aliphatic rings. The number of nitrogens with two attached hydrogens (primary N) is 2. The van der Waals surface area contributed by atoms with E-state index in [1.807, 2.05) is 73.9 Å². The average molecular weight is 2030 g/mol. The first-order valence-electron chi connectivity index (χ1n) is 45.9. The fraction of sp³-hybridized carbons (Fsp3) is 0.379. The SMILES string of the molecule is Cc1ncsc1-c1ccc([C@H](C)NC(=O)[C@@H]2C[C@@H](OC(=O)CCCCn3cc(CNC(=O)CC[C@H](NC(=O)c4ccc(NCc5cnc6nc(N)[nH]c(=O)c6n5)cc4)C(=O)O)nn3)CN2C(=O)[C@@H](NC(=O)COCCCOCCNC(=O)C[C@@H]2N=C(c3ccc(Cl)cc3)c3c(sc(C)c3C)-n3c(C)nnc32)C(C)(C)C)cc1.Nc1nc2ncc(CNc3ccc(C(=O)N[C@@H](CCC(=O)O)C(=O)O)cc3)nc2c(=O)[nH]1. The number of fused-ring (bicyclic) bond motifs is 5. The number of nitrogens with one attached hydrogen (secondary N) is 10. The van der Waals surface area contributed by atoms with Crippen LogP contribution in [0, 0.1) is 33.1 Å². The number of likely N-dealkylation sites (tertiary alicyclic amines) is 1. The van der Waals surface area contributed by atoms with E-state index in [0.29, 0.717) is 70.9 Å². The van der Waals surface area contributed by atoms with Crippen LogP contribution in [0.5, 0.6) is 0 Å². The molecule has 756 valence electrons. The van der Waals surface area contributed by atoms with E-state index in [1.165, 1.54) is 52.9 Å². The first-order chi connectivity index (χ1) is 68.9. The molecule has 10 heterocycles. The number of aryl methyl sites for hydroxylation is 4. The van der Waals surface area contributed by atoms with Crippen molar-refractivity contribution in [3.63, 3.8) is 0 Å². The number of carbonyl (C=O) groups excluding carboxylic acids is 8. The highest BCUT2D eigenvalue weighted by Crippen LogP contribution is 2.41. The Balaban J connectivity index is 0.000000459. The van der Waals surface area contributed by atoms with Crippen molar-refractivity contribution in [1.29, 1.82) is 0 Å². The van der Waals surface area contributed by atoms with E-state index in [0.717, 1.165) is 54.0 Å². The van der Waals surface area contributed by atoms with Gasteiger partial charge in [-0.1, -0.05) is 74.0 Å². The van der Waals surface area contributed by atoms with Crippen LogP contribution in [-0.2, 0) is 83.5 Å². The largest absolute Gasteiger partial charge is 0.481 e. The Morgan fingerprint density at radius 1 is 0.632 bits per heavy atom. The number of aromatic nitrogens is 15. The molecule has 49 heteroatoms. The summed E-state index contributed by atoms with van der Waals surface area (Å²) in [7, 11) is 0. The number of ether oxygens (including phenoxy) is 3. The zero-order valence-electron chi connectivity index (χ0n) is 79.7. The summed E-state index contributed by atoms with van der Waals surface area (Å²) in [6.45, 7) is 16.3. The maximum Gasteiger partial charge on any atom is 0.326 e. The number of nitrogens with zero attached hydrogens (tertiary/aromatic N) is 15. The lowest BCUT2D eigenvalue weighted by molar-refractivity contribution is -0.150. The average Bonchev–Trinajstić information content (AvgIpc) is 1.58. The lowest BCUT2D eigenvalue weighted by atomic mass is 9.85. The number of benzene rings is 4. The van der Waals surface area contributed by atoms with Crippen molar-refractivity contribution in [2.45, 2.75) is 188 Å². The van der Waals surface area contributed by atoms with Crippen LogP contribution in [0.3, 0.4) is 0 Å². The number of carboxylic acids is 3.